The third kappa shape index (κ3) is 4.99. The molecule has 2 amide bonds. The molecule has 1 fully saturated rings. The van der Waals surface area contributed by atoms with Crippen molar-refractivity contribution in [1.29, 1.82) is 0 Å². The Hall–Kier alpha value is -3.06. The van der Waals surface area contributed by atoms with E-state index in [1.54, 1.807) is 24.3 Å². The smallest absolute Gasteiger partial charge is 0.277 e. The van der Waals surface area contributed by atoms with Gasteiger partial charge in [0.1, 0.15) is 11.5 Å². The molecule has 0 bridgehead atoms. The number of benzene rings is 1. The van der Waals surface area contributed by atoms with E-state index in [2.05, 4.69) is 10.3 Å². The Balaban J connectivity index is 1.76. The summed E-state index contributed by atoms with van der Waals surface area (Å²) in [5, 5.41) is 5.00. The second-order valence-corrected chi connectivity index (χ2v) is 8.61. The molecule has 0 spiro atoms. The van der Waals surface area contributed by atoms with E-state index in [-0.39, 0.29) is 17.6 Å². The van der Waals surface area contributed by atoms with Crippen molar-refractivity contribution in [2.24, 2.45) is 0 Å². The SMILES string of the molecule is O=C(NC1CCCCC1)C(c1cccs1)N(C(=O)c1ccccn1)c1cccc(F)c1. The first-order chi connectivity index (χ1) is 15.1. The molecule has 1 unspecified atom stereocenters. The van der Waals surface area contributed by atoms with Crippen molar-refractivity contribution in [2.75, 3.05) is 4.90 Å². The fourth-order valence-corrected chi connectivity index (χ4v) is 4.78. The Morgan fingerprint density at radius 1 is 1.06 bits per heavy atom. The lowest BCUT2D eigenvalue weighted by atomic mass is 9.95. The molecule has 1 aromatic carbocycles. The van der Waals surface area contributed by atoms with Gasteiger partial charge in [-0.05, 0) is 54.6 Å². The summed E-state index contributed by atoms with van der Waals surface area (Å²) < 4.78 is 14.1. The van der Waals surface area contributed by atoms with Gasteiger partial charge in [-0.3, -0.25) is 19.5 Å². The van der Waals surface area contributed by atoms with Crippen molar-refractivity contribution in [1.82, 2.24) is 10.3 Å². The Morgan fingerprint density at radius 2 is 1.90 bits per heavy atom. The Bertz CT molecular complexity index is 1020. The number of hydrogen-bond donors (Lipinski definition) is 1. The number of anilines is 1. The van der Waals surface area contributed by atoms with Crippen LogP contribution in [0.5, 0.6) is 0 Å². The maximum Gasteiger partial charge on any atom is 0.277 e. The molecular formula is C24H24FN3O2S. The maximum absolute atomic E-state index is 14.1. The number of nitrogens with zero attached hydrogens (tertiary/aromatic N) is 2. The minimum Gasteiger partial charge on any atom is -0.351 e. The standard InChI is InChI=1S/C24H24FN3O2S/c25-17-8-6-11-19(16-17)28(24(30)20-12-4-5-14-26-20)22(21-13-7-15-31-21)23(29)27-18-9-2-1-3-10-18/h4-8,11-16,18,22H,1-3,9-10H2,(H,27,29). The van der Waals surface area contributed by atoms with Crippen molar-refractivity contribution < 1.29 is 14.0 Å². The molecular weight excluding hydrogens is 413 g/mol. The van der Waals surface area contributed by atoms with E-state index in [1.165, 1.54) is 47.1 Å². The first kappa shape index (κ1) is 21.2. The van der Waals surface area contributed by atoms with Crippen LogP contribution in [0, 0.1) is 5.82 Å². The summed E-state index contributed by atoms with van der Waals surface area (Å²) in [6.45, 7) is 0. The number of thiophene rings is 1. The van der Waals surface area contributed by atoms with Crippen molar-refractivity contribution in [3.63, 3.8) is 0 Å². The van der Waals surface area contributed by atoms with Crippen molar-refractivity contribution in [2.45, 2.75) is 44.2 Å². The monoisotopic (exact) mass is 437 g/mol. The van der Waals surface area contributed by atoms with E-state index < -0.39 is 17.8 Å². The molecule has 2 aromatic heterocycles. The van der Waals surface area contributed by atoms with Crippen LogP contribution in [-0.4, -0.2) is 22.8 Å². The average Bonchev–Trinajstić information content (AvgIpc) is 3.32. The summed E-state index contributed by atoms with van der Waals surface area (Å²) in [6, 6.07) is 13.6. The molecule has 1 N–H and O–H groups in total. The lowest BCUT2D eigenvalue weighted by Crippen LogP contribution is -2.47. The number of amides is 2. The quantitative estimate of drug-likeness (QED) is 0.582. The normalized spacial score (nSPS) is 15.3. The molecule has 4 rings (SSSR count). The molecule has 3 aromatic rings. The summed E-state index contributed by atoms with van der Waals surface area (Å²) in [4.78, 5) is 33.3. The van der Waals surface area contributed by atoms with Gasteiger partial charge in [0.2, 0.25) is 5.91 Å². The van der Waals surface area contributed by atoms with Gasteiger partial charge in [0, 0.05) is 22.8 Å². The van der Waals surface area contributed by atoms with Gasteiger partial charge in [0.05, 0.1) is 0 Å². The maximum atomic E-state index is 14.1. The Labute approximate surface area is 184 Å². The second kappa shape index (κ2) is 9.83. The summed E-state index contributed by atoms with van der Waals surface area (Å²) >= 11 is 1.39. The molecule has 1 atom stereocenters. The highest BCUT2D eigenvalue weighted by Gasteiger charge is 2.35. The topological polar surface area (TPSA) is 62.3 Å². The van der Waals surface area contributed by atoms with Gasteiger partial charge in [-0.15, -0.1) is 11.3 Å². The molecule has 31 heavy (non-hydrogen) atoms. The fraction of sp³-hybridized carbons (Fsp3) is 0.292. The molecule has 0 saturated heterocycles. The van der Waals surface area contributed by atoms with Gasteiger partial charge in [-0.2, -0.15) is 0 Å². The number of halogens is 1. The Kier molecular flexibility index (Phi) is 6.72. The van der Waals surface area contributed by atoms with Gasteiger partial charge in [0.25, 0.3) is 5.91 Å². The molecule has 1 saturated carbocycles. The minimum absolute atomic E-state index is 0.0861. The van der Waals surface area contributed by atoms with Crippen LogP contribution in [0.25, 0.3) is 0 Å². The molecule has 1 aliphatic rings. The van der Waals surface area contributed by atoms with Crippen LogP contribution in [0.3, 0.4) is 0 Å². The van der Waals surface area contributed by atoms with Gasteiger partial charge in [-0.25, -0.2) is 4.39 Å². The fourth-order valence-electron chi connectivity index (χ4n) is 3.97. The van der Waals surface area contributed by atoms with Crippen LogP contribution in [0.4, 0.5) is 10.1 Å². The summed E-state index contributed by atoms with van der Waals surface area (Å²) in [7, 11) is 0. The van der Waals surface area contributed by atoms with Crippen molar-refractivity contribution in [3.8, 4) is 0 Å². The molecule has 160 valence electrons. The largest absolute Gasteiger partial charge is 0.351 e. The van der Waals surface area contributed by atoms with Gasteiger partial charge < -0.3 is 5.32 Å². The molecule has 0 radical (unpaired) electrons. The predicted octanol–water partition coefficient (Wildman–Crippen LogP) is 5.12. The molecule has 0 aliphatic heterocycles. The van der Waals surface area contributed by atoms with Crippen LogP contribution in [0.15, 0.2) is 66.2 Å². The van der Waals surface area contributed by atoms with E-state index in [0.29, 0.717) is 10.6 Å². The molecule has 5 nitrogen and oxygen atoms in total. The molecule has 2 heterocycles. The van der Waals surface area contributed by atoms with E-state index >= 15 is 0 Å². The first-order valence-corrected chi connectivity index (χ1v) is 11.4. The van der Waals surface area contributed by atoms with E-state index in [0.717, 1.165) is 25.7 Å². The number of hydrogen-bond acceptors (Lipinski definition) is 4. The highest BCUT2D eigenvalue weighted by molar-refractivity contribution is 7.10. The van der Waals surface area contributed by atoms with E-state index in [4.69, 9.17) is 0 Å². The van der Waals surface area contributed by atoms with Gasteiger partial charge in [0.15, 0.2) is 6.04 Å². The lowest BCUT2D eigenvalue weighted by Gasteiger charge is -2.32. The van der Waals surface area contributed by atoms with Crippen molar-refractivity contribution in [3.05, 3.63) is 82.6 Å². The van der Waals surface area contributed by atoms with Crippen LogP contribution >= 0.6 is 11.3 Å². The van der Waals surface area contributed by atoms with Crippen LogP contribution in [-0.2, 0) is 4.79 Å². The average molecular weight is 438 g/mol. The zero-order valence-electron chi connectivity index (χ0n) is 17.0. The zero-order chi connectivity index (χ0) is 21.6. The summed E-state index contributed by atoms with van der Waals surface area (Å²) in [5.74, 6) is -1.19. The van der Waals surface area contributed by atoms with E-state index in [9.17, 15) is 14.0 Å². The highest BCUT2D eigenvalue weighted by atomic mass is 32.1. The zero-order valence-corrected chi connectivity index (χ0v) is 17.9. The van der Waals surface area contributed by atoms with Crippen molar-refractivity contribution >= 4 is 28.8 Å². The minimum atomic E-state index is -0.918. The first-order valence-electron chi connectivity index (χ1n) is 10.5. The van der Waals surface area contributed by atoms with Crippen LogP contribution < -0.4 is 10.2 Å². The number of carbonyl (C=O) groups excluding carboxylic acids is 2. The highest BCUT2D eigenvalue weighted by Crippen LogP contribution is 2.33. The van der Waals surface area contributed by atoms with E-state index in [1.807, 2.05) is 17.5 Å². The molecule has 7 heteroatoms. The van der Waals surface area contributed by atoms with Crippen LogP contribution in [0.2, 0.25) is 0 Å². The second-order valence-electron chi connectivity index (χ2n) is 7.63. The van der Waals surface area contributed by atoms with Gasteiger partial charge in [-0.1, -0.05) is 37.5 Å². The lowest BCUT2D eigenvalue weighted by molar-refractivity contribution is -0.123. The number of nitrogens with one attached hydrogen (secondary N) is 1. The summed E-state index contributed by atoms with van der Waals surface area (Å²) in [5.41, 5.74) is 0.506. The predicted molar refractivity (Wildman–Crippen MR) is 120 cm³/mol. The number of carbonyl (C=O) groups is 2. The number of rotatable bonds is 6. The third-order valence-electron chi connectivity index (χ3n) is 5.46. The molecule has 1 aliphatic carbocycles. The third-order valence-corrected chi connectivity index (χ3v) is 6.38. The number of pyridine rings is 1. The summed E-state index contributed by atoms with van der Waals surface area (Å²) in [6.07, 6.45) is 6.71. The van der Waals surface area contributed by atoms with Crippen LogP contribution in [0.1, 0.15) is 53.5 Å². The Morgan fingerprint density at radius 3 is 2.58 bits per heavy atom. The number of aromatic nitrogens is 1. The van der Waals surface area contributed by atoms with Gasteiger partial charge >= 0.3 is 0 Å².